The van der Waals surface area contributed by atoms with E-state index in [1.165, 1.54) is 6.07 Å². The molecule has 0 spiro atoms. The number of aryl methyl sites for hydroxylation is 1. The van der Waals surface area contributed by atoms with Gasteiger partial charge in [-0.25, -0.2) is 4.39 Å². The molecular formula is C17H17ClFNO2. The first kappa shape index (κ1) is 16.5. The minimum atomic E-state index is -0.290. The Morgan fingerprint density at radius 1 is 1.18 bits per heavy atom. The first-order chi connectivity index (χ1) is 10.6. The fraction of sp³-hybridized carbons (Fsp3) is 0.235. The second kappa shape index (κ2) is 7.92. The average Bonchev–Trinajstić information content (AvgIpc) is 2.51. The molecule has 2 aromatic carbocycles. The standard InChI is InChI=1S/C17H17ClFNO2/c1-12-6-7-14(16(8-12)20-17(21)9-18)11-22-10-13-4-2-3-5-15(13)19/h2-8H,9-11H2,1H3,(H,20,21). The smallest absolute Gasteiger partial charge is 0.239 e. The number of rotatable bonds is 6. The number of nitrogens with one attached hydrogen (secondary N) is 1. The number of ether oxygens (including phenoxy) is 1. The van der Waals surface area contributed by atoms with Gasteiger partial charge in [0.15, 0.2) is 0 Å². The predicted octanol–water partition coefficient (Wildman–Crippen LogP) is 4.03. The summed E-state index contributed by atoms with van der Waals surface area (Å²) in [5.74, 6) is -0.673. The van der Waals surface area contributed by atoms with Crippen molar-refractivity contribution in [3.63, 3.8) is 0 Å². The number of anilines is 1. The van der Waals surface area contributed by atoms with Crippen LogP contribution in [0.5, 0.6) is 0 Å². The molecule has 0 aromatic heterocycles. The highest BCUT2D eigenvalue weighted by Crippen LogP contribution is 2.19. The van der Waals surface area contributed by atoms with Crippen molar-refractivity contribution in [1.82, 2.24) is 0 Å². The van der Waals surface area contributed by atoms with Crippen molar-refractivity contribution in [3.05, 3.63) is 65.0 Å². The van der Waals surface area contributed by atoms with E-state index < -0.39 is 0 Å². The summed E-state index contributed by atoms with van der Waals surface area (Å²) in [5, 5.41) is 2.74. The van der Waals surface area contributed by atoms with E-state index in [-0.39, 0.29) is 30.8 Å². The van der Waals surface area contributed by atoms with Gasteiger partial charge in [-0.3, -0.25) is 4.79 Å². The zero-order chi connectivity index (χ0) is 15.9. The van der Waals surface area contributed by atoms with Crippen LogP contribution in [-0.4, -0.2) is 11.8 Å². The lowest BCUT2D eigenvalue weighted by Gasteiger charge is -2.12. The van der Waals surface area contributed by atoms with Gasteiger partial charge in [0.1, 0.15) is 11.7 Å². The third kappa shape index (κ3) is 4.55. The van der Waals surface area contributed by atoms with Crippen LogP contribution in [0.25, 0.3) is 0 Å². The van der Waals surface area contributed by atoms with Gasteiger partial charge in [-0.05, 0) is 24.6 Å². The quantitative estimate of drug-likeness (QED) is 0.816. The number of hydrogen-bond donors (Lipinski definition) is 1. The van der Waals surface area contributed by atoms with Gasteiger partial charge in [0.05, 0.1) is 13.2 Å². The summed E-state index contributed by atoms with van der Waals surface area (Å²) in [7, 11) is 0. The normalized spacial score (nSPS) is 10.5. The summed E-state index contributed by atoms with van der Waals surface area (Å²) in [5.41, 5.74) is 3.00. The molecule has 2 aromatic rings. The number of hydrogen-bond acceptors (Lipinski definition) is 2. The molecule has 0 saturated carbocycles. The van der Waals surface area contributed by atoms with E-state index in [9.17, 15) is 9.18 Å². The average molecular weight is 322 g/mol. The maximum Gasteiger partial charge on any atom is 0.239 e. The third-order valence-electron chi connectivity index (χ3n) is 3.13. The zero-order valence-corrected chi connectivity index (χ0v) is 13.0. The van der Waals surface area contributed by atoms with Crippen molar-refractivity contribution in [1.29, 1.82) is 0 Å². The van der Waals surface area contributed by atoms with Crippen LogP contribution in [0.4, 0.5) is 10.1 Å². The summed E-state index contributed by atoms with van der Waals surface area (Å²) in [6.07, 6.45) is 0. The molecule has 0 saturated heterocycles. The molecular weight excluding hydrogens is 305 g/mol. The minimum absolute atomic E-state index is 0.108. The van der Waals surface area contributed by atoms with Gasteiger partial charge in [0, 0.05) is 16.8 Å². The summed E-state index contributed by atoms with van der Waals surface area (Å²) in [6, 6.07) is 12.1. The highest BCUT2D eigenvalue weighted by Gasteiger charge is 2.08. The molecule has 0 bridgehead atoms. The van der Waals surface area contributed by atoms with Crippen LogP contribution in [-0.2, 0) is 22.7 Å². The molecule has 0 aliphatic heterocycles. The lowest BCUT2D eigenvalue weighted by atomic mass is 10.1. The van der Waals surface area contributed by atoms with Gasteiger partial charge in [-0.1, -0.05) is 30.3 Å². The van der Waals surface area contributed by atoms with Crippen LogP contribution < -0.4 is 5.32 Å². The SMILES string of the molecule is Cc1ccc(COCc2ccccc2F)c(NC(=O)CCl)c1. The number of carbonyl (C=O) groups excluding carboxylic acids is 1. The largest absolute Gasteiger partial charge is 0.372 e. The maximum atomic E-state index is 13.5. The third-order valence-corrected chi connectivity index (χ3v) is 3.38. The molecule has 0 fully saturated rings. The maximum absolute atomic E-state index is 13.5. The molecule has 0 heterocycles. The highest BCUT2D eigenvalue weighted by atomic mass is 35.5. The van der Waals surface area contributed by atoms with E-state index in [0.29, 0.717) is 11.3 Å². The number of carbonyl (C=O) groups is 1. The van der Waals surface area contributed by atoms with Crippen LogP contribution in [0.3, 0.4) is 0 Å². The van der Waals surface area contributed by atoms with Gasteiger partial charge < -0.3 is 10.1 Å². The van der Waals surface area contributed by atoms with Crippen LogP contribution in [0, 0.1) is 12.7 Å². The topological polar surface area (TPSA) is 38.3 Å². The molecule has 1 amide bonds. The van der Waals surface area contributed by atoms with E-state index in [1.807, 2.05) is 25.1 Å². The van der Waals surface area contributed by atoms with E-state index in [2.05, 4.69) is 5.32 Å². The Kier molecular flexibility index (Phi) is 5.92. The number of alkyl halides is 1. The zero-order valence-electron chi connectivity index (χ0n) is 12.2. The number of amides is 1. The second-order valence-electron chi connectivity index (χ2n) is 4.93. The molecule has 116 valence electrons. The molecule has 3 nitrogen and oxygen atoms in total. The van der Waals surface area contributed by atoms with Crippen LogP contribution in [0.2, 0.25) is 0 Å². The Hall–Kier alpha value is -1.91. The van der Waals surface area contributed by atoms with Gasteiger partial charge in [0.2, 0.25) is 5.91 Å². The summed E-state index contributed by atoms with van der Waals surface area (Å²) in [6.45, 7) is 2.37. The molecule has 0 aliphatic rings. The van der Waals surface area contributed by atoms with Gasteiger partial charge in [0.25, 0.3) is 0 Å². The van der Waals surface area contributed by atoms with Crippen molar-refractivity contribution in [2.45, 2.75) is 20.1 Å². The monoisotopic (exact) mass is 321 g/mol. The highest BCUT2D eigenvalue weighted by molar-refractivity contribution is 6.29. The van der Waals surface area contributed by atoms with E-state index >= 15 is 0 Å². The van der Waals surface area contributed by atoms with Crippen LogP contribution in [0.15, 0.2) is 42.5 Å². The molecule has 0 aliphatic carbocycles. The fourth-order valence-corrected chi connectivity index (χ4v) is 2.07. The second-order valence-corrected chi connectivity index (χ2v) is 5.19. The Bertz CT molecular complexity index is 661. The summed E-state index contributed by atoms with van der Waals surface area (Å²) in [4.78, 5) is 11.5. The van der Waals surface area contributed by atoms with Crippen LogP contribution in [0.1, 0.15) is 16.7 Å². The Morgan fingerprint density at radius 2 is 1.91 bits per heavy atom. The van der Waals surface area contributed by atoms with Crippen molar-refractivity contribution in [3.8, 4) is 0 Å². The molecule has 2 rings (SSSR count). The first-order valence-corrected chi connectivity index (χ1v) is 7.40. The van der Waals surface area contributed by atoms with E-state index in [0.717, 1.165) is 11.1 Å². The van der Waals surface area contributed by atoms with Gasteiger partial charge >= 0.3 is 0 Å². The number of benzene rings is 2. The van der Waals surface area contributed by atoms with Crippen molar-refractivity contribution in [2.75, 3.05) is 11.2 Å². The van der Waals surface area contributed by atoms with Gasteiger partial charge in [-0.2, -0.15) is 0 Å². The van der Waals surface area contributed by atoms with Crippen LogP contribution >= 0.6 is 11.6 Å². The molecule has 1 N–H and O–H groups in total. The predicted molar refractivity (Wildman–Crippen MR) is 85.4 cm³/mol. The number of halogens is 2. The fourth-order valence-electron chi connectivity index (χ4n) is 2.00. The molecule has 0 radical (unpaired) electrons. The summed E-state index contributed by atoms with van der Waals surface area (Å²) >= 11 is 5.51. The molecule has 0 atom stereocenters. The molecule has 0 unspecified atom stereocenters. The van der Waals surface area contributed by atoms with E-state index in [4.69, 9.17) is 16.3 Å². The van der Waals surface area contributed by atoms with Crippen molar-refractivity contribution < 1.29 is 13.9 Å². The lowest BCUT2D eigenvalue weighted by Crippen LogP contribution is -2.14. The van der Waals surface area contributed by atoms with Crippen molar-refractivity contribution >= 4 is 23.2 Å². The lowest BCUT2D eigenvalue weighted by molar-refractivity contribution is -0.113. The van der Waals surface area contributed by atoms with Gasteiger partial charge in [-0.15, -0.1) is 11.6 Å². The Balaban J connectivity index is 2.03. The van der Waals surface area contributed by atoms with Crippen molar-refractivity contribution in [2.24, 2.45) is 0 Å². The first-order valence-electron chi connectivity index (χ1n) is 6.86. The summed E-state index contributed by atoms with van der Waals surface area (Å²) < 4.78 is 19.1. The van der Waals surface area contributed by atoms with E-state index in [1.54, 1.807) is 18.2 Å². The minimum Gasteiger partial charge on any atom is -0.372 e. The molecule has 22 heavy (non-hydrogen) atoms. The Labute approximate surface area is 134 Å². The Morgan fingerprint density at radius 3 is 2.64 bits per heavy atom. The molecule has 5 heteroatoms.